The van der Waals surface area contributed by atoms with Gasteiger partial charge in [0.15, 0.2) is 6.61 Å². The van der Waals surface area contributed by atoms with Gasteiger partial charge in [0.2, 0.25) is 0 Å². The number of rotatable bonds is 5. The van der Waals surface area contributed by atoms with Crippen molar-refractivity contribution in [2.24, 2.45) is 0 Å². The van der Waals surface area contributed by atoms with Crippen LogP contribution in [0.3, 0.4) is 0 Å². The quantitative estimate of drug-likeness (QED) is 0.848. The molecule has 0 aliphatic rings. The Hall–Kier alpha value is -1.94. The van der Waals surface area contributed by atoms with Gasteiger partial charge >= 0.3 is 0 Å². The second-order valence-corrected chi connectivity index (χ2v) is 4.76. The first-order valence-electron chi connectivity index (χ1n) is 5.89. The van der Waals surface area contributed by atoms with Crippen LogP contribution in [-0.2, 0) is 4.79 Å². The molecule has 19 heavy (non-hydrogen) atoms. The molecule has 0 atom stereocenters. The lowest BCUT2D eigenvalue weighted by Gasteiger charge is -2.07. The van der Waals surface area contributed by atoms with Crippen molar-refractivity contribution >= 4 is 23.4 Å². The molecule has 0 bridgehead atoms. The van der Waals surface area contributed by atoms with Gasteiger partial charge in [-0.05, 0) is 42.7 Å². The molecule has 2 rings (SSSR count). The van der Waals surface area contributed by atoms with Gasteiger partial charge in [-0.25, -0.2) is 0 Å². The van der Waals surface area contributed by atoms with E-state index < -0.39 is 0 Å². The van der Waals surface area contributed by atoms with Crippen molar-refractivity contribution in [1.29, 1.82) is 0 Å². The summed E-state index contributed by atoms with van der Waals surface area (Å²) in [6, 6.07) is 17.0. The number of thioether (sulfide) groups is 1. The lowest BCUT2D eigenvalue weighted by molar-refractivity contribution is -0.118. The second kappa shape index (κ2) is 6.85. The first-order chi connectivity index (χ1) is 9.28. The van der Waals surface area contributed by atoms with Crippen molar-refractivity contribution in [3.05, 3.63) is 54.6 Å². The highest BCUT2D eigenvalue weighted by Gasteiger charge is 2.03. The zero-order valence-electron chi connectivity index (χ0n) is 10.6. The number of amides is 1. The fourth-order valence-corrected chi connectivity index (χ4v) is 1.95. The summed E-state index contributed by atoms with van der Waals surface area (Å²) in [5.41, 5.74) is 0.777. The lowest BCUT2D eigenvalue weighted by atomic mass is 10.3. The van der Waals surface area contributed by atoms with Crippen molar-refractivity contribution in [3.63, 3.8) is 0 Å². The minimum absolute atomic E-state index is 0.00823. The van der Waals surface area contributed by atoms with Gasteiger partial charge in [-0.1, -0.05) is 18.2 Å². The highest BCUT2D eigenvalue weighted by Crippen LogP contribution is 2.17. The molecule has 3 nitrogen and oxygen atoms in total. The van der Waals surface area contributed by atoms with E-state index in [0.717, 1.165) is 5.69 Å². The first-order valence-corrected chi connectivity index (χ1v) is 7.12. The van der Waals surface area contributed by atoms with Crippen LogP contribution >= 0.6 is 11.8 Å². The SMILES string of the molecule is CSc1ccc(NC(=O)COc2ccccc2)cc1. The standard InChI is InChI=1S/C15H15NO2S/c1-19-14-9-7-12(8-10-14)16-15(17)11-18-13-5-3-2-4-6-13/h2-10H,11H2,1H3,(H,16,17). The molecule has 0 spiro atoms. The minimum atomic E-state index is -0.166. The van der Waals surface area contributed by atoms with E-state index in [2.05, 4.69) is 5.32 Å². The van der Waals surface area contributed by atoms with Crippen molar-refractivity contribution < 1.29 is 9.53 Å². The van der Waals surface area contributed by atoms with E-state index >= 15 is 0 Å². The van der Waals surface area contributed by atoms with Gasteiger partial charge in [-0.2, -0.15) is 0 Å². The maximum atomic E-state index is 11.7. The number of para-hydroxylation sites is 1. The Kier molecular flexibility index (Phi) is 4.86. The van der Waals surface area contributed by atoms with Crippen molar-refractivity contribution in [3.8, 4) is 5.75 Å². The van der Waals surface area contributed by atoms with E-state index in [9.17, 15) is 4.79 Å². The van der Waals surface area contributed by atoms with Gasteiger partial charge in [-0.15, -0.1) is 11.8 Å². The summed E-state index contributed by atoms with van der Waals surface area (Å²) < 4.78 is 5.37. The molecule has 0 radical (unpaired) electrons. The van der Waals surface area contributed by atoms with Crippen molar-refractivity contribution in [1.82, 2.24) is 0 Å². The van der Waals surface area contributed by atoms with Gasteiger partial charge in [-0.3, -0.25) is 4.79 Å². The van der Waals surface area contributed by atoms with Crippen LogP contribution in [0.25, 0.3) is 0 Å². The Bertz CT molecular complexity index is 526. The van der Waals surface area contributed by atoms with Crippen LogP contribution in [0.15, 0.2) is 59.5 Å². The van der Waals surface area contributed by atoms with Crippen LogP contribution in [0.4, 0.5) is 5.69 Å². The van der Waals surface area contributed by atoms with Gasteiger partial charge in [0.1, 0.15) is 5.75 Å². The molecule has 1 N–H and O–H groups in total. The van der Waals surface area contributed by atoms with Crippen LogP contribution in [0.1, 0.15) is 0 Å². The van der Waals surface area contributed by atoms with Crippen LogP contribution in [-0.4, -0.2) is 18.8 Å². The maximum Gasteiger partial charge on any atom is 0.262 e. The summed E-state index contributed by atoms with van der Waals surface area (Å²) in [5, 5.41) is 2.79. The fraction of sp³-hybridized carbons (Fsp3) is 0.133. The van der Waals surface area contributed by atoms with E-state index in [0.29, 0.717) is 5.75 Å². The van der Waals surface area contributed by atoms with E-state index in [-0.39, 0.29) is 12.5 Å². The zero-order chi connectivity index (χ0) is 13.5. The van der Waals surface area contributed by atoms with E-state index in [1.54, 1.807) is 11.8 Å². The molecule has 0 fully saturated rings. The largest absolute Gasteiger partial charge is 0.484 e. The Balaban J connectivity index is 1.83. The zero-order valence-corrected chi connectivity index (χ0v) is 11.4. The molecule has 2 aromatic rings. The molecule has 0 heterocycles. The molecule has 0 aliphatic carbocycles. The highest BCUT2D eigenvalue weighted by molar-refractivity contribution is 7.98. The van der Waals surface area contributed by atoms with Crippen molar-refractivity contribution in [2.45, 2.75) is 4.90 Å². The topological polar surface area (TPSA) is 38.3 Å². The van der Waals surface area contributed by atoms with Gasteiger partial charge < -0.3 is 10.1 Å². The molecule has 0 saturated carbocycles. The van der Waals surface area contributed by atoms with Crippen LogP contribution in [0.2, 0.25) is 0 Å². The van der Waals surface area contributed by atoms with Crippen LogP contribution in [0.5, 0.6) is 5.75 Å². The first kappa shape index (κ1) is 13.5. The number of ether oxygens (including phenoxy) is 1. The number of benzene rings is 2. The molecule has 4 heteroatoms. The summed E-state index contributed by atoms with van der Waals surface area (Å²) in [7, 11) is 0. The van der Waals surface area contributed by atoms with Crippen LogP contribution < -0.4 is 10.1 Å². The molecular formula is C15H15NO2S. The smallest absolute Gasteiger partial charge is 0.262 e. The Morgan fingerprint density at radius 3 is 2.42 bits per heavy atom. The third-order valence-electron chi connectivity index (χ3n) is 2.49. The number of carbonyl (C=O) groups excluding carboxylic acids is 1. The second-order valence-electron chi connectivity index (χ2n) is 3.88. The number of anilines is 1. The summed E-state index contributed by atoms with van der Waals surface area (Å²) in [4.78, 5) is 12.9. The summed E-state index contributed by atoms with van der Waals surface area (Å²) >= 11 is 1.67. The third-order valence-corrected chi connectivity index (χ3v) is 3.23. The molecule has 2 aromatic carbocycles. The van der Waals surface area contributed by atoms with Gasteiger partial charge in [0.05, 0.1) is 0 Å². The Morgan fingerprint density at radius 1 is 1.11 bits per heavy atom. The maximum absolute atomic E-state index is 11.7. The molecule has 0 aromatic heterocycles. The molecule has 0 aliphatic heterocycles. The number of carbonyl (C=O) groups is 1. The predicted octanol–water partition coefficient (Wildman–Crippen LogP) is 3.43. The Labute approximate surface area is 117 Å². The summed E-state index contributed by atoms with van der Waals surface area (Å²) in [6.45, 7) is 0.00823. The molecule has 98 valence electrons. The molecule has 1 amide bonds. The minimum Gasteiger partial charge on any atom is -0.484 e. The lowest BCUT2D eigenvalue weighted by Crippen LogP contribution is -2.20. The molecule has 0 saturated heterocycles. The average molecular weight is 273 g/mol. The van der Waals surface area contributed by atoms with Crippen molar-refractivity contribution in [2.75, 3.05) is 18.2 Å². The molecule has 0 unspecified atom stereocenters. The van der Waals surface area contributed by atoms with E-state index in [1.165, 1.54) is 4.90 Å². The normalized spacial score (nSPS) is 9.95. The monoisotopic (exact) mass is 273 g/mol. The predicted molar refractivity (Wildman–Crippen MR) is 78.8 cm³/mol. The number of hydrogen-bond donors (Lipinski definition) is 1. The van der Waals surface area contributed by atoms with E-state index in [1.807, 2.05) is 60.9 Å². The number of hydrogen-bond acceptors (Lipinski definition) is 3. The summed E-state index contributed by atoms with van der Waals surface area (Å²) in [6.07, 6.45) is 2.02. The van der Waals surface area contributed by atoms with Crippen LogP contribution in [0, 0.1) is 0 Å². The van der Waals surface area contributed by atoms with E-state index in [4.69, 9.17) is 4.74 Å². The highest BCUT2D eigenvalue weighted by atomic mass is 32.2. The molecular weight excluding hydrogens is 258 g/mol. The van der Waals surface area contributed by atoms with Gasteiger partial charge in [0.25, 0.3) is 5.91 Å². The average Bonchev–Trinajstić information content (AvgIpc) is 2.47. The third kappa shape index (κ3) is 4.34. The summed E-state index contributed by atoms with van der Waals surface area (Å²) in [5.74, 6) is 0.524. The fourth-order valence-electron chi connectivity index (χ4n) is 1.54. The number of nitrogens with one attached hydrogen (secondary N) is 1. The Morgan fingerprint density at radius 2 is 1.79 bits per heavy atom. The van der Waals surface area contributed by atoms with Gasteiger partial charge in [0, 0.05) is 10.6 Å².